The molecule has 2 heteroatoms. The lowest BCUT2D eigenvalue weighted by molar-refractivity contribution is 0.151. The molecule has 2 rings (SSSR count). The number of hydrogen-bond acceptors (Lipinski definition) is 2. The molecule has 2 aromatic carbocycles. The third-order valence-corrected chi connectivity index (χ3v) is 3.62. The van der Waals surface area contributed by atoms with Gasteiger partial charge in [-0.3, -0.25) is 0 Å². The minimum atomic E-state index is -0.494. The Kier molecular flexibility index (Phi) is 4.23. The van der Waals surface area contributed by atoms with Crippen LogP contribution in [-0.4, -0.2) is 18.2 Å². The Bertz CT molecular complexity index is 524. The molecule has 19 heavy (non-hydrogen) atoms. The first-order chi connectivity index (χ1) is 9.09. The van der Waals surface area contributed by atoms with Crippen molar-refractivity contribution in [3.8, 4) is 0 Å². The van der Waals surface area contributed by atoms with Crippen LogP contribution in [0.25, 0.3) is 0 Å². The van der Waals surface area contributed by atoms with E-state index in [2.05, 4.69) is 30.0 Å². The Morgan fingerprint density at radius 1 is 1.00 bits per heavy atom. The van der Waals surface area contributed by atoms with Crippen LogP contribution in [0, 0.1) is 6.92 Å². The van der Waals surface area contributed by atoms with Crippen LogP contribution in [0.2, 0.25) is 0 Å². The number of aryl methyl sites for hydroxylation is 1. The molecule has 0 spiro atoms. The van der Waals surface area contributed by atoms with Crippen molar-refractivity contribution in [2.24, 2.45) is 0 Å². The van der Waals surface area contributed by atoms with Gasteiger partial charge in [0.15, 0.2) is 0 Å². The molecule has 0 heterocycles. The lowest BCUT2D eigenvalue weighted by Gasteiger charge is -2.31. The molecule has 0 unspecified atom stereocenters. The first-order valence-corrected chi connectivity index (χ1v) is 6.62. The van der Waals surface area contributed by atoms with Gasteiger partial charge in [-0.2, -0.15) is 0 Å². The Labute approximate surface area is 115 Å². The topological polar surface area (TPSA) is 23.5 Å². The molecular formula is C17H21NO. The smallest absolute Gasteiger partial charge is 0.0990 e. The minimum Gasteiger partial charge on any atom is -0.386 e. The molecule has 0 radical (unpaired) electrons. The molecule has 2 atom stereocenters. The molecule has 1 N–H and O–H groups in total. The van der Waals surface area contributed by atoms with Gasteiger partial charge >= 0.3 is 0 Å². The van der Waals surface area contributed by atoms with Crippen LogP contribution in [0.5, 0.6) is 0 Å². The van der Waals surface area contributed by atoms with Crippen molar-refractivity contribution in [1.82, 2.24) is 0 Å². The zero-order valence-corrected chi connectivity index (χ0v) is 11.7. The number of aliphatic hydroxyl groups is 1. The average molecular weight is 255 g/mol. The van der Waals surface area contributed by atoms with E-state index in [-0.39, 0.29) is 6.04 Å². The summed E-state index contributed by atoms with van der Waals surface area (Å²) in [4.78, 5) is 2.12. The second-order valence-electron chi connectivity index (χ2n) is 5.05. The number of rotatable bonds is 4. The molecule has 0 aliphatic heterocycles. The first kappa shape index (κ1) is 13.6. The molecule has 0 bridgehead atoms. The van der Waals surface area contributed by atoms with Crippen LogP contribution in [-0.2, 0) is 0 Å². The van der Waals surface area contributed by atoms with Crippen LogP contribution in [0.15, 0.2) is 54.6 Å². The standard InChI is InChI=1S/C17H21NO/c1-13-8-7-11-16(12-13)18(3)14(2)17(19)15-9-5-4-6-10-15/h4-12,14,17,19H,1-3H3/t14-,17+/m1/s1. The number of nitrogens with zero attached hydrogens (tertiary/aromatic N) is 1. The molecule has 0 aliphatic carbocycles. The molecule has 0 saturated heterocycles. The molecule has 0 amide bonds. The highest BCUT2D eigenvalue weighted by molar-refractivity contribution is 5.49. The Morgan fingerprint density at radius 3 is 2.32 bits per heavy atom. The fraction of sp³-hybridized carbons (Fsp3) is 0.294. The summed E-state index contributed by atoms with van der Waals surface area (Å²) >= 11 is 0. The predicted molar refractivity (Wildman–Crippen MR) is 80.4 cm³/mol. The van der Waals surface area contributed by atoms with E-state index < -0.39 is 6.10 Å². The maximum absolute atomic E-state index is 10.4. The molecule has 100 valence electrons. The van der Waals surface area contributed by atoms with Gasteiger partial charge in [-0.25, -0.2) is 0 Å². The molecule has 0 fully saturated rings. The van der Waals surface area contributed by atoms with Crippen LogP contribution in [0.4, 0.5) is 5.69 Å². The van der Waals surface area contributed by atoms with Crippen molar-refractivity contribution >= 4 is 5.69 Å². The molecule has 0 aromatic heterocycles. The van der Waals surface area contributed by atoms with Gasteiger partial charge in [0.1, 0.15) is 0 Å². The summed E-state index contributed by atoms with van der Waals surface area (Å²) in [6, 6.07) is 18.1. The van der Waals surface area contributed by atoms with E-state index >= 15 is 0 Å². The van der Waals surface area contributed by atoms with Gasteiger partial charge in [0.2, 0.25) is 0 Å². The van der Waals surface area contributed by atoms with Gasteiger partial charge in [-0.05, 0) is 37.1 Å². The second-order valence-corrected chi connectivity index (χ2v) is 5.05. The molecule has 2 nitrogen and oxygen atoms in total. The van der Waals surface area contributed by atoms with Gasteiger partial charge in [0, 0.05) is 12.7 Å². The third-order valence-electron chi connectivity index (χ3n) is 3.62. The van der Waals surface area contributed by atoms with Crippen LogP contribution in [0.1, 0.15) is 24.2 Å². The molecular weight excluding hydrogens is 234 g/mol. The fourth-order valence-electron chi connectivity index (χ4n) is 2.22. The zero-order chi connectivity index (χ0) is 13.8. The zero-order valence-electron chi connectivity index (χ0n) is 11.7. The molecule has 2 aromatic rings. The van der Waals surface area contributed by atoms with E-state index in [1.165, 1.54) is 5.56 Å². The van der Waals surface area contributed by atoms with E-state index in [9.17, 15) is 5.11 Å². The minimum absolute atomic E-state index is 0.0178. The van der Waals surface area contributed by atoms with E-state index in [1.807, 2.05) is 50.4 Å². The van der Waals surface area contributed by atoms with Gasteiger partial charge in [-0.1, -0.05) is 42.5 Å². The van der Waals surface area contributed by atoms with Crippen LogP contribution >= 0.6 is 0 Å². The van der Waals surface area contributed by atoms with E-state index in [0.717, 1.165) is 11.3 Å². The number of anilines is 1. The summed E-state index contributed by atoms with van der Waals surface area (Å²) in [6.45, 7) is 4.12. The lowest BCUT2D eigenvalue weighted by atomic mass is 10.0. The van der Waals surface area contributed by atoms with Crippen molar-refractivity contribution in [3.05, 3.63) is 65.7 Å². The van der Waals surface area contributed by atoms with E-state index in [4.69, 9.17) is 0 Å². The largest absolute Gasteiger partial charge is 0.386 e. The second kappa shape index (κ2) is 5.89. The summed E-state index contributed by atoms with van der Waals surface area (Å²) < 4.78 is 0. The maximum Gasteiger partial charge on any atom is 0.0990 e. The Balaban J connectivity index is 2.17. The number of likely N-dealkylation sites (N-methyl/N-ethyl adjacent to an activating group) is 1. The number of hydrogen-bond donors (Lipinski definition) is 1. The van der Waals surface area contributed by atoms with Crippen molar-refractivity contribution in [2.75, 3.05) is 11.9 Å². The van der Waals surface area contributed by atoms with Crippen molar-refractivity contribution in [3.63, 3.8) is 0 Å². The highest BCUT2D eigenvalue weighted by Gasteiger charge is 2.20. The van der Waals surface area contributed by atoms with Crippen LogP contribution in [0.3, 0.4) is 0 Å². The summed E-state index contributed by atoms with van der Waals surface area (Å²) in [7, 11) is 2.02. The summed E-state index contributed by atoms with van der Waals surface area (Å²) in [5, 5.41) is 10.4. The Morgan fingerprint density at radius 2 is 1.68 bits per heavy atom. The maximum atomic E-state index is 10.4. The highest BCUT2D eigenvalue weighted by atomic mass is 16.3. The highest BCUT2D eigenvalue weighted by Crippen LogP contribution is 2.24. The van der Waals surface area contributed by atoms with Gasteiger partial charge < -0.3 is 10.0 Å². The van der Waals surface area contributed by atoms with E-state index in [1.54, 1.807) is 0 Å². The fourth-order valence-corrected chi connectivity index (χ4v) is 2.22. The number of aliphatic hydroxyl groups excluding tert-OH is 1. The van der Waals surface area contributed by atoms with Crippen molar-refractivity contribution in [2.45, 2.75) is 26.0 Å². The van der Waals surface area contributed by atoms with E-state index in [0.29, 0.717) is 0 Å². The lowest BCUT2D eigenvalue weighted by Crippen LogP contribution is -2.34. The van der Waals surface area contributed by atoms with Crippen LogP contribution < -0.4 is 4.90 Å². The SMILES string of the molecule is Cc1cccc(N(C)[C@H](C)[C@H](O)c2ccccc2)c1. The van der Waals surface area contributed by atoms with Crippen molar-refractivity contribution < 1.29 is 5.11 Å². The molecule has 0 saturated carbocycles. The Hall–Kier alpha value is -1.80. The van der Waals surface area contributed by atoms with Crippen molar-refractivity contribution in [1.29, 1.82) is 0 Å². The normalized spacial score (nSPS) is 13.9. The monoisotopic (exact) mass is 255 g/mol. The predicted octanol–water partition coefficient (Wildman–Crippen LogP) is 3.55. The molecule has 0 aliphatic rings. The van der Waals surface area contributed by atoms with Gasteiger partial charge in [-0.15, -0.1) is 0 Å². The van der Waals surface area contributed by atoms with Gasteiger partial charge in [0.05, 0.1) is 12.1 Å². The average Bonchev–Trinajstić information content (AvgIpc) is 2.46. The van der Waals surface area contributed by atoms with Gasteiger partial charge in [0.25, 0.3) is 0 Å². The summed E-state index contributed by atoms with van der Waals surface area (Å²) in [6.07, 6.45) is -0.494. The third kappa shape index (κ3) is 3.15. The summed E-state index contributed by atoms with van der Waals surface area (Å²) in [5.41, 5.74) is 3.31. The first-order valence-electron chi connectivity index (χ1n) is 6.62. The summed E-state index contributed by atoms with van der Waals surface area (Å²) in [5.74, 6) is 0. The number of benzene rings is 2. The quantitative estimate of drug-likeness (QED) is 0.903.